The summed E-state index contributed by atoms with van der Waals surface area (Å²) in [5, 5.41) is 3.35. The SMILES string of the molecule is CCOC(OCC)c1ccc(Br)cn1.CCOC(OCC)c1ccc(Nc2ccc(-c3cccnc3)cc2)cn1.Nc1ccc(-c2cccnc2)cc1. The number of hydrogen-bond acceptors (Lipinski definition) is 10. The Morgan fingerprint density at radius 2 is 0.981 bits per heavy atom. The van der Waals surface area contributed by atoms with E-state index in [2.05, 4.69) is 53.3 Å². The molecule has 0 aliphatic rings. The van der Waals surface area contributed by atoms with Crippen LogP contribution in [0.5, 0.6) is 0 Å². The molecule has 0 spiro atoms. The molecule has 0 aliphatic heterocycles. The number of hydrogen-bond donors (Lipinski definition) is 2. The lowest BCUT2D eigenvalue weighted by molar-refractivity contribution is -0.142. The molecule has 0 unspecified atom stereocenters. The zero-order valence-electron chi connectivity index (χ0n) is 30.6. The Labute approximate surface area is 320 Å². The third kappa shape index (κ3) is 13.8. The van der Waals surface area contributed by atoms with Crippen LogP contribution >= 0.6 is 15.9 Å². The van der Waals surface area contributed by atoms with Crippen molar-refractivity contribution in [2.45, 2.75) is 40.3 Å². The van der Waals surface area contributed by atoms with Crippen LogP contribution in [0.15, 0.2) is 139 Å². The summed E-state index contributed by atoms with van der Waals surface area (Å²) in [6, 6.07) is 31.6. The fraction of sp³-hybridized carbons (Fsp3) is 0.238. The van der Waals surface area contributed by atoms with E-state index in [0.717, 1.165) is 55.2 Å². The number of nitrogens with two attached hydrogens (primary N) is 1. The van der Waals surface area contributed by atoms with E-state index in [-0.39, 0.29) is 6.29 Å². The van der Waals surface area contributed by atoms with Crippen molar-refractivity contribution in [2.75, 3.05) is 37.5 Å². The number of ether oxygens (including phenoxy) is 4. The van der Waals surface area contributed by atoms with Gasteiger partial charge in [-0.15, -0.1) is 0 Å². The summed E-state index contributed by atoms with van der Waals surface area (Å²) in [5.41, 5.74) is 14.3. The lowest BCUT2D eigenvalue weighted by Crippen LogP contribution is -2.10. The van der Waals surface area contributed by atoms with Gasteiger partial charge in [0, 0.05) is 73.3 Å². The predicted octanol–water partition coefficient (Wildman–Crippen LogP) is 10.2. The third-order valence-corrected chi connectivity index (χ3v) is 7.83. The van der Waals surface area contributed by atoms with Gasteiger partial charge in [-0.2, -0.15) is 0 Å². The number of nitrogens with zero attached hydrogens (tertiary/aromatic N) is 4. The number of nitrogens with one attached hydrogen (secondary N) is 1. The van der Waals surface area contributed by atoms with Gasteiger partial charge in [0.1, 0.15) is 0 Å². The Morgan fingerprint density at radius 3 is 1.38 bits per heavy atom. The molecule has 11 heteroatoms. The molecule has 2 aromatic carbocycles. The smallest absolute Gasteiger partial charge is 0.201 e. The first-order valence-corrected chi connectivity index (χ1v) is 18.3. The number of nitrogen functional groups attached to an aromatic ring is 1. The van der Waals surface area contributed by atoms with Gasteiger partial charge >= 0.3 is 0 Å². The molecule has 0 amide bonds. The minimum absolute atomic E-state index is 0.349. The van der Waals surface area contributed by atoms with Gasteiger partial charge in [-0.1, -0.05) is 36.4 Å². The Kier molecular flexibility index (Phi) is 17.5. The Morgan fingerprint density at radius 1 is 0.528 bits per heavy atom. The molecule has 3 N–H and O–H groups in total. The van der Waals surface area contributed by atoms with Crippen molar-refractivity contribution in [3.05, 3.63) is 150 Å². The van der Waals surface area contributed by atoms with Crippen LogP contribution in [0.1, 0.15) is 51.7 Å². The molecule has 4 heterocycles. The molecular formula is C42H47BrN6O4. The fourth-order valence-corrected chi connectivity index (χ4v) is 5.08. The highest BCUT2D eigenvalue weighted by Crippen LogP contribution is 2.24. The lowest BCUT2D eigenvalue weighted by Gasteiger charge is -2.16. The molecule has 0 saturated heterocycles. The summed E-state index contributed by atoms with van der Waals surface area (Å²) in [6.07, 6.45) is 9.99. The molecule has 6 rings (SSSR count). The molecule has 53 heavy (non-hydrogen) atoms. The van der Waals surface area contributed by atoms with E-state index in [4.69, 9.17) is 24.7 Å². The van der Waals surface area contributed by atoms with E-state index in [1.807, 2.05) is 125 Å². The van der Waals surface area contributed by atoms with Crippen LogP contribution in [-0.2, 0) is 18.9 Å². The van der Waals surface area contributed by atoms with Crippen LogP contribution < -0.4 is 11.1 Å². The molecule has 276 valence electrons. The highest BCUT2D eigenvalue weighted by atomic mass is 79.9. The van der Waals surface area contributed by atoms with Crippen LogP contribution in [0.3, 0.4) is 0 Å². The Hall–Kier alpha value is -5.04. The van der Waals surface area contributed by atoms with Crippen molar-refractivity contribution in [3.63, 3.8) is 0 Å². The maximum Gasteiger partial charge on any atom is 0.201 e. The van der Waals surface area contributed by atoms with Crippen LogP contribution in [0, 0.1) is 0 Å². The summed E-state index contributed by atoms with van der Waals surface area (Å²) in [4.78, 5) is 16.9. The highest BCUT2D eigenvalue weighted by molar-refractivity contribution is 9.10. The average molecular weight is 780 g/mol. The molecule has 0 fully saturated rings. The van der Waals surface area contributed by atoms with E-state index >= 15 is 0 Å². The molecule has 0 aliphatic carbocycles. The minimum atomic E-state index is -0.419. The number of rotatable bonds is 14. The standard InChI is InChI=1S/C21H23N3O2.C11H10N2.C10H14BrNO2/c1-3-25-21(26-4-2)20-12-11-19(15-23-20)24-18-9-7-16(8-10-18)17-6-5-13-22-14-17;12-11-5-3-9(4-6-11)10-2-1-7-13-8-10;1-3-13-10(14-4-2)9-6-5-8(11)7-12-9/h5-15,21,24H,3-4H2,1-2H3;1-8H,12H2;5-7,10H,3-4H2,1-2H3. The third-order valence-electron chi connectivity index (χ3n) is 7.37. The largest absolute Gasteiger partial charge is 0.399 e. The first kappa shape index (κ1) is 40.7. The number of halogens is 1. The van der Waals surface area contributed by atoms with Crippen LogP contribution in [0.25, 0.3) is 22.3 Å². The van der Waals surface area contributed by atoms with Crippen molar-refractivity contribution in [1.82, 2.24) is 19.9 Å². The van der Waals surface area contributed by atoms with Gasteiger partial charge in [0.2, 0.25) is 12.6 Å². The number of pyridine rings is 4. The highest BCUT2D eigenvalue weighted by Gasteiger charge is 2.13. The summed E-state index contributed by atoms with van der Waals surface area (Å²) < 4.78 is 22.9. The molecule has 6 aromatic rings. The quantitative estimate of drug-likeness (QED) is 0.0815. The van der Waals surface area contributed by atoms with Gasteiger partial charge < -0.3 is 30.0 Å². The summed E-state index contributed by atoms with van der Waals surface area (Å²) in [5.74, 6) is 0. The maximum absolute atomic E-state index is 5.59. The van der Waals surface area contributed by atoms with E-state index < -0.39 is 6.29 Å². The van der Waals surface area contributed by atoms with Gasteiger partial charge in [0.25, 0.3) is 0 Å². The molecule has 0 atom stereocenters. The zero-order chi connectivity index (χ0) is 37.7. The van der Waals surface area contributed by atoms with Crippen molar-refractivity contribution in [1.29, 1.82) is 0 Å². The first-order valence-electron chi connectivity index (χ1n) is 17.5. The Balaban J connectivity index is 0.000000196. The molecule has 4 aromatic heterocycles. The second-order valence-electron chi connectivity index (χ2n) is 11.2. The second-order valence-corrected chi connectivity index (χ2v) is 12.1. The van der Waals surface area contributed by atoms with Crippen molar-refractivity contribution >= 4 is 33.0 Å². The fourth-order valence-electron chi connectivity index (χ4n) is 4.84. The van der Waals surface area contributed by atoms with E-state index in [1.54, 1.807) is 24.8 Å². The summed E-state index contributed by atoms with van der Waals surface area (Å²) in [7, 11) is 0. The van der Waals surface area contributed by atoms with E-state index in [0.29, 0.717) is 26.4 Å². The van der Waals surface area contributed by atoms with E-state index in [1.165, 1.54) is 0 Å². The summed E-state index contributed by atoms with van der Waals surface area (Å²) in [6.45, 7) is 10.1. The van der Waals surface area contributed by atoms with Crippen LogP contribution in [-0.4, -0.2) is 46.4 Å². The summed E-state index contributed by atoms with van der Waals surface area (Å²) >= 11 is 3.33. The van der Waals surface area contributed by atoms with Crippen molar-refractivity contribution in [2.24, 2.45) is 0 Å². The van der Waals surface area contributed by atoms with Crippen molar-refractivity contribution < 1.29 is 18.9 Å². The molecular weight excluding hydrogens is 732 g/mol. The number of aromatic nitrogens is 4. The van der Waals surface area contributed by atoms with Crippen LogP contribution in [0.4, 0.5) is 17.1 Å². The molecule has 0 saturated carbocycles. The molecule has 0 radical (unpaired) electrons. The topological polar surface area (TPSA) is 127 Å². The predicted molar refractivity (Wildman–Crippen MR) is 215 cm³/mol. The lowest BCUT2D eigenvalue weighted by atomic mass is 10.1. The monoisotopic (exact) mass is 778 g/mol. The van der Waals surface area contributed by atoms with Gasteiger partial charge in [0.15, 0.2) is 0 Å². The van der Waals surface area contributed by atoms with Gasteiger partial charge in [-0.3, -0.25) is 19.9 Å². The number of anilines is 3. The Bertz CT molecular complexity index is 1840. The molecule has 10 nitrogen and oxygen atoms in total. The van der Waals surface area contributed by atoms with Gasteiger partial charge in [-0.25, -0.2) is 0 Å². The van der Waals surface area contributed by atoms with Gasteiger partial charge in [-0.05, 0) is 127 Å². The van der Waals surface area contributed by atoms with Crippen molar-refractivity contribution in [3.8, 4) is 22.3 Å². The minimum Gasteiger partial charge on any atom is -0.399 e. The second kappa shape index (κ2) is 22.8. The average Bonchev–Trinajstić information content (AvgIpc) is 3.20. The first-order chi connectivity index (χ1) is 25.9. The maximum atomic E-state index is 5.59. The molecule has 0 bridgehead atoms. The van der Waals surface area contributed by atoms with E-state index in [9.17, 15) is 0 Å². The van der Waals surface area contributed by atoms with Gasteiger partial charge in [0.05, 0.1) is 23.3 Å². The zero-order valence-corrected chi connectivity index (χ0v) is 32.1. The normalized spacial score (nSPS) is 10.6. The van der Waals surface area contributed by atoms with Crippen LogP contribution in [0.2, 0.25) is 0 Å². The number of benzene rings is 2.